The first kappa shape index (κ1) is 11.3. The fraction of sp³-hybridized carbons (Fsp3) is 1.00. The van der Waals surface area contributed by atoms with E-state index in [1.165, 1.54) is 6.42 Å². The molecule has 2 fully saturated rings. The van der Waals surface area contributed by atoms with E-state index in [9.17, 15) is 0 Å². The molecule has 0 radical (unpaired) electrons. The van der Waals surface area contributed by atoms with Crippen molar-refractivity contribution < 1.29 is 9.47 Å². The number of hydrogen-bond donors (Lipinski definition) is 1. The van der Waals surface area contributed by atoms with Crippen molar-refractivity contribution in [3.63, 3.8) is 0 Å². The molecule has 0 aromatic heterocycles. The molecule has 0 aliphatic carbocycles. The normalized spacial score (nSPS) is 42.6. The van der Waals surface area contributed by atoms with Crippen molar-refractivity contribution in [1.29, 1.82) is 0 Å². The van der Waals surface area contributed by atoms with Crippen LogP contribution in [0.15, 0.2) is 0 Å². The predicted octanol–water partition coefficient (Wildman–Crippen LogP) is 0.419. The molecule has 0 saturated carbocycles. The summed E-state index contributed by atoms with van der Waals surface area (Å²) >= 11 is 0. The lowest BCUT2D eigenvalue weighted by molar-refractivity contribution is -0.188. The summed E-state index contributed by atoms with van der Waals surface area (Å²) in [7, 11) is 2.15. The van der Waals surface area contributed by atoms with Crippen LogP contribution in [-0.2, 0) is 9.47 Å². The molecule has 2 aliphatic rings. The highest BCUT2D eigenvalue weighted by atomic mass is 16.7. The summed E-state index contributed by atoms with van der Waals surface area (Å²) in [6.45, 7) is 5.68. The van der Waals surface area contributed by atoms with Crippen LogP contribution in [0.1, 0.15) is 19.8 Å². The summed E-state index contributed by atoms with van der Waals surface area (Å²) in [5, 5.41) is 0. The molecular formula is C11H22N2O2. The fourth-order valence-electron chi connectivity index (χ4n) is 2.56. The molecule has 0 amide bonds. The maximum Gasteiger partial charge on any atom is 0.170 e. The number of nitrogens with two attached hydrogens (primary N) is 1. The summed E-state index contributed by atoms with van der Waals surface area (Å²) < 4.78 is 11.8. The van der Waals surface area contributed by atoms with Gasteiger partial charge in [-0.15, -0.1) is 0 Å². The molecule has 3 unspecified atom stereocenters. The molecule has 88 valence electrons. The monoisotopic (exact) mass is 214 g/mol. The minimum atomic E-state index is -0.370. The van der Waals surface area contributed by atoms with Gasteiger partial charge in [0.1, 0.15) is 0 Å². The van der Waals surface area contributed by atoms with Crippen molar-refractivity contribution in [2.45, 2.75) is 31.7 Å². The van der Waals surface area contributed by atoms with Crippen LogP contribution >= 0.6 is 0 Å². The number of ether oxygens (including phenoxy) is 2. The lowest BCUT2D eigenvalue weighted by atomic mass is 9.99. The van der Waals surface area contributed by atoms with Gasteiger partial charge in [0.2, 0.25) is 0 Å². The minimum Gasteiger partial charge on any atom is -0.347 e. The van der Waals surface area contributed by atoms with Crippen molar-refractivity contribution in [2.75, 3.05) is 33.3 Å². The lowest BCUT2D eigenvalue weighted by Gasteiger charge is -2.29. The highest BCUT2D eigenvalue weighted by Crippen LogP contribution is 2.36. The van der Waals surface area contributed by atoms with Crippen LogP contribution in [0.3, 0.4) is 0 Å². The third kappa shape index (κ3) is 2.33. The molecule has 2 saturated heterocycles. The second-order valence-electron chi connectivity index (χ2n) is 4.89. The Balaban J connectivity index is 1.91. The first-order valence-electron chi connectivity index (χ1n) is 5.84. The summed E-state index contributed by atoms with van der Waals surface area (Å²) in [6, 6.07) is 0. The van der Waals surface area contributed by atoms with Gasteiger partial charge in [0.05, 0.1) is 12.7 Å². The van der Waals surface area contributed by atoms with E-state index < -0.39 is 0 Å². The molecule has 0 aromatic rings. The zero-order chi connectivity index (χ0) is 10.9. The molecule has 2 rings (SSSR count). The number of nitrogens with zero attached hydrogens (tertiary/aromatic N) is 1. The van der Waals surface area contributed by atoms with Crippen LogP contribution in [0.25, 0.3) is 0 Å². The van der Waals surface area contributed by atoms with E-state index in [4.69, 9.17) is 15.2 Å². The van der Waals surface area contributed by atoms with Crippen molar-refractivity contribution in [1.82, 2.24) is 4.90 Å². The van der Waals surface area contributed by atoms with Crippen LogP contribution in [-0.4, -0.2) is 50.1 Å². The van der Waals surface area contributed by atoms with Gasteiger partial charge in [-0.3, -0.25) is 0 Å². The first-order valence-corrected chi connectivity index (χ1v) is 5.84. The Morgan fingerprint density at radius 3 is 2.93 bits per heavy atom. The zero-order valence-corrected chi connectivity index (χ0v) is 9.74. The van der Waals surface area contributed by atoms with E-state index in [1.807, 2.05) is 0 Å². The Kier molecular flexibility index (Phi) is 3.30. The van der Waals surface area contributed by atoms with Crippen molar-refractivity contribution in [3.8, 4) is 0 Å². The van der Waals surface area contributed by atoms with Gasteiger partial charge < -0.3 is 20.1 Å². The maximum atomic E-state index is 5.99. The van der Waals surface area contributed by atoms with Crippen LogP contribution in [0, 0.1) is 5.92 Å². The molecule has 4 nitrogen and oxygen atoms in total. The second kappa shape index (κ2) is 4.37. The van der Waals surface area contributed by atoms with Gasteiger partial charge in [-0.1, -0.05) is 0 Å². The maximum absolute atomic E-state index is 5.99. The molecule has 4 heteroatoms. The number of rotatable bonds is 3. The van der Waals surface area contributed by atoms with Gasteiger partial charge in [0.15, 0.2) is 5.79 Å². The molecule has 3 atom stereocenters. The van der Waals surface area contributed by atoms with Gasteiger partial charge >= 0.3 is 0 Å². The molecule has 15 heavy (non-hydrogen) atoms. The van der Waals surface area contributed by atoms with Gasteiger partial charge in [-0.2, -0.15) is 0 Å². The smallest absolute Gasteiger partial charge is 0.170 e. The average molecular weight is 214 g/mol. The van der Waals surface area contributed by atoms with Crippen LogP contribution in [0.2, 0.25) is 0 Å². The van der Waals surface area contributed by atoms with E-state index in [0.29, 0.717) is 19.1 Å². The van der Waals surface area contributed by atoms with E-state index in [1.54, 1.807) is 0 Å². The molecule has 2 aliphatic heterocycles. The predicted molar refractivity (Wildman–Crippen MR) is 58.5 cm³/mol. The van der Waals surface area contributed by atoms with Crippen LogP contribution < -0.4 is 5.73 Å². The molecule has 0 spiro atoms. The standard InChI is InChI=1S/C11H22N2O2/c1-11(9-4-6-13(2)7-9)14-8-10(15-11)3-5-12/h9-10H,3-8,12H2,1-2H3. The van der Waals surface area contributed by atoms with Crippen LogP contribution in [0.5, 0.6) is 0 Å². The van der Waals surface area contributed by atoms with E-state index in [2.05, 4.69) is 18.9 Å². The summed E-state index contributed by atoms with van der Waals surface area (Å²) in [6.07, 6.45) is 2.27. The van der Waals surface area contributed by atoms with E-state index in [-0.39, 0.29) is 11.9 Å². The van der Waals surface area contributed by atoms with Crippen LogP contribution in [0.4, 0.5) is 0 Å². The summed E-state index contributed by atoms with van der Waals surface area (Å²) in [5.74, 6) is 0.134. The Morgan fingerprint density at radius 2 is 2.33 bits per heavy atom. The van der Waals surface area contributed by atoms with Gasteiger partial charge in [0, 0.05) is 12.5 Å². The second-order valence-corrected chi connectivity index (χ2v) is 4.89. The van der Waals surface area contributed by atoms with Gasteiger partial charge in [0.25, 0.3) is 0 Å². The van der Waals surface area contributed by atoms with Crippen molar-refractivity contribution in [2.24, 2.45) is 11.7 Å². The SMILES string of the molecule is CN1CCC(C2(C)OCC(CCN)O2)C1. The Morgan fingerprint density at radius 1 is 1.53 bits per heavy atom. The highest BCUT2D eigenvalue weighted by molar-refractivity contribution is 4.87. The van der Waals surface area contributed by atoms with E-state index in [0.717, 1.165) is 19.5 Å². The van der Waals surface area contributed by atoms with Crippen molar-refractivity contribution >= 4 is 0 Å². The molecular weight excluding hydrogens is 192 g/mol. The molecule has 0 aromatic carbocycles. The zero-order valence-electron chi connectivity index (χ0n) is 9.74. The van der Waals surface area contributed by atoms with E-state index >= 15 is 0 Å². The Bertz CT molecular complexity index is 225. The number of hydrogen-bond acceptors (Lipinski definition) is 4. The minimum absolute atomic E-state index is 0.200. The quantitative estimate of drug-likeness (QED) is 0.739. The highest BCUT2D eigenvalue weighted by Gasteiger charge is 2.45. The first-order chi connectivity index (χ1) is 7.14. The third-order valence-corrected chi connectivity index (χ3v) is 3.58. The summed E-state index contributed by atoms with van der Waals surface area (Å²) in [4.78, 5) is 2.33. The molecule has 0 bridgehead atoms. The Labute approximate surface area is 91.7 Å². The van der Waals surface area contributed by atoms with Gasteiger partial charge in [-0.25, -0.2) is 0 Å². The van der Waals surface area contributed by atoms with Crippen molar-refractivity contribution in [3.05, 3.63) is 0 Å². The summed E-state index contributed by atoms with van der Waals surface area (Å²) in [5.41, 5.74) is 5.53. The molecule has 2 N–H and O–H groups in total. The van der Waals surface area contributed by atoms with Gasteiger partial charge in [-0.05, 0) is 39.9 Å². The number of likely N-dealkylation sites (tertiary alicyclic amines) is 1. The average Bonchev–Trinajstić information content (AvgIpc) is 2.75. The topological polar surface area (TPSA) is 47.7 Å². The lowest BCUT2D eigenvalue weighted by Crippen LogP contribution is -2.38. The third-order valence-electron chi connectivity index (χ3n) is 3.58. The Hall–Kier alpha value is -0.160. The largest absolute Gasteiger partial charge is 0.347 e. The fourth-order valence-corrected chi connectivity index (χ4v) is 2.56. The molecule has 2 heterocycles.